The minimum atomic E-state index is -0.670. The predicted molar refractivity (Wildman–Crippen MR) is 65.6 cm³/mol. The van der Waals surface area contributed by atoms with Gasteiger partial charge in [0.1, 0.15) is 0 Å². The summed E-state index contributed by atoms with van der Waals surface area (Å²) in [5, 5.41) is 16.3. The monoisotopic (exact) mass is 288 g/mol. The molecule has 0 saturated heterocycles. The van der Waals surface area contributed by atoms with E-state index in [0.717, 1.165) is 12.8 Å². The topological polar surface area (TPSA) is 121 Å². The smallest absolute Gasteiger partial charge is 0.303 e. The van der Waals surface area contributed by atoms with Gasteiger partial charge in [-0.05, 0) is 20.3 Å². The third-order valence-electron chi connectivity index (χ3n) is 1.49. The molecule has 0 aliphatic rings. The molecule has 0 heterocycles. The zero-order chi connectivity index (χ0) is 11.4. The normalized spacial score (nSPS) is 7.82. The Hall–Kier alpha value is 0.0643. The van der Waals surface area contributed by atoms with Gasteiger partial charge >= 0.3 is 5.97 Å². The molecule has 0 aromatic rings. The molecule has 0 aliphatic heterocycles. The Kier molecular flexibility index (Phi) is 44.6. The fourth-order valence-corrected chi connectivity index (χ4v) is 0.880. The summed E-state index contributed by atoms with van der Waals surface area (Å²) in [7, 11) is 0. The molecule has 0 unspecified atom stereocenters. The number of rotatable bonds is 6. The first-order chi connectivity index (χ1) is 6.50. The molecule has 0 aliphatic carbocycles. The second-order valence-electron chi connectivity index (χ2n) is 3.65. The van der Waals surface area contributed by atoms with Crippen LogP contribution in [0.3, 0.4) is 0 Å². The van der Waals surface area contributed by atoms with E-state index in [2.05, 4.69) is 6.92 Å². The fraction of sp³-hybridized carbons (Fsp3) is 0.909. The van der Waals surface area contributed by atoms with Crippen LogP contribution in [-0.4, -0.2) is 33.2 Å². The van der Waals surface area contributed by atoms with Crippen LogP contribution in [0.4, 0.5) is 0 Å². The summed E-state index contributed by atoms with van der Waals surface area (Å²) < 4.78 is 0. The summed E-state index contributed by atoms with van der Waals surface area (Å²) in [5.41, 5.74) is 0. The van der Waals surface area contributed by atoms with Crippen molar-refractivity contribution in [2.45, 2.75) is 65.4 Å². The second-order valence-corrected chi connectivity index (χ2v) is 3.65. The van der Waals surface area contributed by atoms with Crippen molar-refractivity contribution >= 4 is 5.97 Å². The first-order valence-corrected chi connectivity index (χ1v) is 5.40. The van der Waals surface area contributed by atoms with E-state index in [9.17, 15) is 4.79 Å². The van der Waals surface area contributed by atoms with E-state index in [1.165, 1.54) is 19.3 Å². The largest absolute Gasteiger partial charge is 0.481 e. The average molecular weight is 288 g/mol. The number of hydrogen-bond donors (Lipinski definition) is 2. The quantitative estimate of drug-likeness (QED) is 0.563. The van der Waals surface area contributed by atoms with Crippen LogP contribution in [0, 0.1) is 0 Å². The molecule has 0 atom stereocenters. The van der Waals surface area contributed by atoms with E-state index in [0.29, 0.717) is 6.42 Å². The number of unbranched alkanes of at least 4 members (excludes halogenated alkanes) is 4. The van der Waals surface area contributed by atoms with Gasteiger partial charge in [-0.1, -0.05) is 32.6 Å². The molecule has 0 aromatic carbocycles. The van der Waals surface area contributed by atoms with Gasteiger partial charge in [0, 0.05) is 34.2 Å². The maximum absolute atomic E-state index is 10.0. The maximum Gasteiger partial charge on any atom is 0.303 e. The number of aliphatic carboxylic acids is 1. The SMILES string of the molecule is CC(C)O.CCCCCCCC(=O)O.O.O.[Ti]. The van der Waals surface area contributed by atoms with E-state index in [1.54, 1.807) is 13.8 Å². The molecule has 0 radical (unpaired) electrons. The number of hydrogen-bond acceptors (Lipinski definition) is 2. The number of carbonyl (C=O) groups is 1. The summed E-state index contributed by atoms with van der Waals surface area (Å²) in [5.74, 6) is -0.670. The molecule has 0 rings (SSSR count). The molecule has 5 nitrogen and oxygen atoms in total. The maximum atomic E-state index is 10.0. The van der Waals surface area contributed by atoms with Gasteiger partial charge in [-0.3, -0.25) is 4.79 Å². The van der Waals surface area contributed by atoms with Crippen LogP contribution in [0.1, 0.15) is 59.3 Å². The Labute approximate surface area is 119 Å². The third kappa shape index (κ3) is 63.7. The Balaban J connectivity index is -0.0000000607. The Morgan fingerprint density at radius 2 is 1.41 bits per heavy atom. The van der Waals surface area contributed by atoms with Crippen LogP contribution in [0.15, 0.2) is 0 Å². The average Bonchev–Trinajstić information content (AvgIpc) is 2.02. The molecular weight excluding hydrogens is 260 g/mol. The molecular formula is C11H28O5Ti. The zero-order valence-corrected chi connectivity index (χ0v) is 12.7. The van der Waals surface area contributed by atoms with Crippen molar-refractivity contribution in [3.05, 3.63) is 0 Å². The van der Waals surface area contributed by atoms with Gasteiger partial charge in [0.25, 0.3) is 0 Å². The standard InChI is InChI=1S/C8H16O2.C3H8O.2H2O.Ti/c1-2-3-4-5-6-7-8(9)10;1-3(2)4;;;/h2-7H2,1H3,(H,9,10);3-4H,1-2H3;2*1H2;. The van der Waals surface area contributed by atoms with Gasteiger partial charge < -0.3 is 21.2 Å². The van der Waals surface area contributed by atoms with E-state index in [4.69, 9.17) is 10.2 Å². The molecule has 17 heavy (non-hydrogen) atoms. The third-order valence-corrected chi connectivity index (χ3v) is 1.49. The Morgan fingerprint density at radius 1 is 1.06 bits per heavy atom. The minimum Gasteiger partial charge on any atom is -0.481 e. The molecule has 6 N–H and O–H groups in total. The van der Waals surface area contributed by atoms with E-state index < -0.39 is 5.97 Å². The summed E-state index contributed by atoms with van der Waals surface area (Å²) >= 11 is 0. The van der Waals surface area contributed by atoms with Gasteiger partial charge in [0.15, 0.2) is 0 Å². The molecule has 0 fully saturated rings. The molecule has 0 aromatic heterocycles. The number of aliphatic hydroxyl groups excluding tert-OH is 1. The van der Waals surface area contributed by atoms with Gasteiger partial charge in [0.05, 0.1) is 0 Å². The summed E-state index contributed by atoms with van der Waals surface area (Å²) in [6, 6.07) is 0. The first kappa shape index (κ1) is 30.3. The van der Waals surface area contributed by atoms with Crippen molar-refractivity contribution < 1.29 is 47.7 Å². The number of aliphatic hydroxyl groups is 1. The minimum absolute atomic E-state index is 0. The second kappa shape index (κ2) is 25.0. The van der Waals surface area contributed by atoms with Crippen LogP contribution in [-0.2, 0) is 26.5 Å². The van der Waals surface area contributed by atoms with Crippen molar-refractivity contribution in [1.82, 2.24) is 0 Å². The van der Waals surface area contributed by atoms with Crippen LogP contribution in [0.2, 0.25) is 0 Å². The van der Waals surface area contributed by atoms with Gasteiger partial charge in [-0.25, -0.2) is 0 Å². The molecule has 0 bridgehead atoms. The van der Waals surface area contributed by atoms with Gasteiger partial charge in [-0.15, -0.1) is 0 Å². The summed E-state index contributed by atoms with van der Waals surface area (Å²) in [4.78, 5) is 10.0. The van der Waals surface area contributed by atoms with Crippen LogP contribution < -0.4 is 0 Å². The zero-order valence-electron chi connectivity index (χ0n) is 11.1. The van der Waals surface area contributed by atoms with E-state index in [1.807, 2.05) is 0 Å². The Morgan fingerprint density at radius 3 is 1.71 bits per heavy atom. The number of carboxylic acid groups (broad SMARTS) is 1. The first-order valence-electron chi connectivity index (χ1n) is 5.40. The summed E-state index contributed by atoms with van der Waals surface area (Å²) in [6.07, 6.45) is 5.72. The van der Waals surface area contributed by atoms with Gasteiger partial charge in [-0.2, -0.15) is 0 Å². The van der Waals surface area contributed by atoms with E-state index >= 15 is 0 Å². The molecule has 0 saturated carbocycles. The molecule has 0 spiro atoms. The number of carboxylic acids is 1. The van der Waals surface area contributed by atoms with Crippen LogP contribution >= 0.6 is 0 Å². The van der Waals surface area contributed by atoms with Crippen LogP contribution in [0.25, 0.3) is 0 Å². The van der Waals surface area contributed by atoms with Gasteiger partial charge in [0.2, 0.25) is 0 Å². The van der Waals surface area contributed by atoms with Crippen molar-refractivity contribution in [2.24, 2.45) is 0 Å². The van der Waals surface area contributed by atoms with Crippen molar-refractivity contribution in [2.75, 3.05) is 0 Å². The van der Waals surface area contributed by atoms with Crippen molar-refractivity contribution in [3.63, 3.8) is 0 Å². The van der Waals surface area contributed by atoms with E-state index in [-0.39, 0.29) is 38.8 Å². The molecule has 6 heteroatoms. The Bertz CT molecular complexity index is 128. The predicted octanol–water partition coefficient (Wildman–Crippen LogP) is 1.17. The van der Waals surface area contributed by atoms with Crippen LogP contribution in [0.5, 0.6) is 0 Å². The van der Waals surface area contributed by atoms with Crippen molar-refractivity contribution in [1.29, 1.82) is 0 Å². The van der Waals surface area contributed by atoms with Crippen molar-refractivity contribution in [3.8, 4) is 0 Å². The molecule has 0 amide bonds. The molecule has 106 valence electrons. The fourth-order valence-electron chi connectivity index (χ4n) is 0.880. The summed E-state index contributed by atoms with van der Waals surface area (Å²) in [6.45, 7) is 5.59.